The number of rotatable bonds is 6. The number of imidazole rings is 1. The lowest BCUT2D eigenvalue weighted by Gasteiger charge is -2.16. The Morgan fingerprint density at radius 2 is 1.82 bits per heavy atom. The SMILES string of the molecule is COc1nc2ccc(C(O)c3cnc(C)n3C)cc2c(Cl)c1Cc1ccc(-n2cccc2)cc1. The van der Waals surface area contributed by atoms with Gasteiger partial charge in [0.25, 0.3) is 0 Å². The molecule has 172 valence electrons. The largest absolute Gasteiger partial charge is 0.481 e. The van der Waals surface area contributed by atoms with Crippen molar-refractivity contribution in [3.63, 3.8) is 0 Å². The van der Waals surface area contributed by atoms with E-state index in [-0.39, 0.29) is 0 Å². The van der Waals surface area contributed by atoms with Crippen LogP contribution in [-0.4, -0.2) is 31.3 Å². The lowest BCUT2D eigenvalue weighted by Crippen LogP contribution is -2.07. The second-order valence-corrected chi connectivity index (χ2v) is 8.69. The van der Waals surface area contributed by atoms with Crippen LogP contribution in [0.4, 0.5) is 0 Å². The molecular formula is C27H25ClN4O2. The van der Waals surface area contributed by atoms with Crippen LogP contribution >= 0.6 is 11.6 Å². The Balaban J connectivity index is 1.52. The summed E-state index contributed by atoms with van der Waals surface area (Å²) < 4.78 is 9.54. The molecule has 0 spiro atoms. The van der Waals surface area contributed by atoms with Gasteiger partial charge in [0, 0.05) is 42.5 Å². The van der Waals surface area contributed by atoms with Crippen molar-refractivity contribution in [2.75, 3.05) is 7.11 Å². The predicted octanol–water partition coefficient (Wildman–Crippen LogP) is 5.40. The molecule has 1 atom stereocenters. The number of aliphatic hydroxyl groups excluding tert-OH is 1. The molecule has 2 aromatic carbocycles. The molecule has 0 bridgehead atoms. The van der Waals surface area contributed by atoms with Crippen molar-refractivity contribution < 1.29 is 9.84 Å². The Bertz CT molecular complexity index is 1460. The third kappa shape index (κ3) is 3.95. The number of fused-ring (bicyclic) bond motifs is 1. The van der Waals surface area contributed by atoms with Gasteiger partial charge in [0.15, 0.2) is 0 Å². The van der Waals surface area contributed by atoms with Gasteiger partial charge in [0.05, 0.1) is 29.5 Å². The first kappa shape index (κ1) is 22.2. The number of aryl methyl sites for hydroxylation is 1. The lowest BCUT2D eigenvalue weighted by molar-refractivity contribution is 0.211. The van der Waals surface area contributed by atoms with E-state index >= 15 is 0 Å². The molecule has 1 N–H and O–H groups in total. The third-order valence-corrected chi connectivity index (χ3v) is 6.70. The maximum absolute atomic E-state index is 11.0. The fourth-order valence-corrected chi connectivity index (χ4v) is 4.49. The van der Waals surface area contributed by atoms with Gasteiger partial charge in [0.2, 0.25) is 5.88 Å². The number of pyridine rings is 1. The maximum atomic E-state index is 11.0. The molecule has 0 saturated carbocycles. The normalized spacial score (nSPS) is 12.3. The van der Waals surface area contributed by atoms with Crippen LogP contribution < -0.4 is 4.74 Å². The molecule has 0 aliphatic carbocycles. The molecule has 0 fully saturated rings. The predicted molar refractivity (Wildman–Crippen MR) is 134 cm³/mol. The summed E-state index contributed by atoms with van der Waals surface area (Å²) in [7, 11) is 3.49. The molecule has 0 saturated heterocycles. The second kappa shape index (κ2) is 8.97. The van der Waals surface area contributed by atoms with Gasteiger partial charge in [-0.1, -0.05) is 29.8 Å². The van der Waals surface area contributed by atoms with Crippen LogP contribution in [0.2, 0.25) is 5.02 Å². The molecule has 1 unspecified atom stereocenters. The standard InChI is InChI=1S/C27H25ClN4O2/c1-17-29-16-24(31(17)2)26(33)19-8-11-23-21(15-19)25(28)22(27(30-23)34-3)14-18-6-9-20(10-7-18)32-12-4-5-13-32/h4-13,15-16,26,33H,14H2,1-3H3. The number of hydrogen-bond donors (Lipinski definition) is 1. The average molecular weight is 473 g/mol. The molecule has 34 heavy (non-hydrogen) atoms. The van der Waals surface area contributed by atoms with Gasteiger partial charge in [0.1, 0.15) is 11.9 Å². The van der Waals surface area contributed by atoms with Crippen molar-refractivity contribution in [2.24, 2.45) is 7.05 Å². The van der Waals surface area contributed by atoms with Gasteiger partial charge in [-0.3, -0.25) is 0 Å². The summed E-state index contributed by atoms with van der Waals surface area (Å²) in [6.45, 7) is 1.90. The number of halogens is 1. The fraction of sp³-hybridized carbons (Fsp3) is 0.185. The number of nitrogens with zero attached hydrogens (tertiary/aromatic N) is 4. The summed E-state index contributed by atoms with van der Waals surface area (Å²) in [5.41, 5.74) is 5.16. The van der Waals surface area contributed by atoms with Crippen molar-refractivity contribution >= 4 is 22.5 Å². The van der Waals surface area contributed by atoms with E-state index in [9.17, 15) is 5.11 Å². The summed E-state index contributed by atoms with van der Waals surface area (Å²) in [6, 6.07) is 17.9. The van der Waals surface area contributed by atoms with Gasteiger partial charge in [-0.25, -0.2) is 9.97 Å². The molecule has 7 heteroatoms. The Kier molecular flexibility index (Phi) is 5.86. The summed E-state index contributed by atoms with van der Waals surface area (Å²) in [5, 5.41) is 12.3. The van der Waals surface area contributed by atoms with E-state index in [0.717, 1.165) is 39.3 Å². The Morgan fingerprint density at radius 3 is 2.47 bits per heavy atom. The fourth-order valence-electron chi connectivity index (χ4n) is 4.19. The van der Waals surface area contributed by atoms with Crippen molar-refractivity contribution in [1.29, 1.82) is 0 Å². The van der Waals surface area contributed by atoms with Crippen LogP contribution in [0.1, 0.15) is 34.3 Å². The molecule has 6 nitrogen and oxygen atoms in total. The zero-order valence-electron chi connectivity index (χ0n) is 19.2. The monoisotopic (exact) mass is 472 g/mol. The minimum absolute atomic E-state index is 0.502. The smallest absolute Gasteiger partial charge is 0.218 e. The van der Waals surface area contributed by atoms with Crippen LogP contribution in [0.25, 0.3) is 16.6 Å². The molecule has 0 amide bonds. The zero-order chi connectivity index (χ0) is 23.8. The summed E-state index contributed by atoms with van der Waals surface area (Å²) in [4.78, 5) is 8.99. The number of aliphatic hydroxyl groups is 1. The van der Waals surface area contributed by atoms with E-state index in [1.165, 1.54) is 0 Å². The van der Waals surface area contributed by atoms with Gasteiger partial charge in [-0.05, 0) is 54.4 Å². The topological polar surface area (TPSA) is 65.1 Å². The van der Waals surface area contributed by atoms with E-state index in [1.807, 2.05) is 61.3 Å². The number of ether oxygens (including phenoxy) is 1. The van der Waals surface area contributed by atoms with Gasteiger partial charge < -0.3 is 19.0 Å². The first-order valence-corrected chi connectivity index (χ1v) is 11.4. The van der Waals surface area contributed by atoms with Crippen LogP contribution in [-0.2, 0) is 13.5 Å². The minimum Gasteiger partial charge on any atom is -0.481 e. The van der Waals surface area contributed by atoms with Crippen LogP contribution in [0, 0.1) is 6.92 Å². The average Bonchev–Trinajstić information content (AvgIpc) is 3.51. The van der Waals surface area contributed by atoms with Gasteiger partial charge >= 0.3 is 0 Å². The van der Waals surface area contributed by atoms with Gasteiger partial charge in [-0.2, -0.15) is 0 Å². The highest BCUT2D eigenvalue weighted by Gasteiger charge is 2.19. The lowest BCUT2D eigenvalue weighted by atomic mass is 10.0. The highest BCUT2D eigenvalue weighted by molar-refractivity contribution is 6.36. The van der Waals surface area contributed by atoms with Gasteiger partial charge in [-0.15, -0.1) is 0 Å². The highest BCUT2D eigenvalue weighted by Crippen LogP contribution is 2.36. The quantitative estimate of drug-likeness (QED) is 0.359. The van der Waals surface area contributed by atoms with E-state index in [4.69, 9.17) is 21.3 Å². The second-order valence-electron chi connectivity index (χ2n) is 8.32. The summed E-state index contributed by atoms with van der Waals surface area (Å²) >= 11 is 6.92. The number of benzene rings is 2. The van der Waals surface area contributed by atoms with Crippen molar-refractivity contribution in [1.82, 2.24) is 19.1 Å². The van der Waals surface area contributed by atoms with E-state index in [0.29, 0.717) is 22.8 Å². The van der Waals surface area contributed by atoms with Crippen molar-refractivity contribution in [3.05, 3.63) is 106 Å². The zero-order valence-corrected chi connectivity index (χ0v) is 20.0. The maximum Gasteiger partial charge on any atom is 0.218 e. The summed E-state index contributed by atoms with van der Waals surface area (Å²) in [6.07, 6.45) is 5.48. The Labute approximate surface area is 203 Å². The van der Waals surface area contributed by atoms with Crippen LogP contribution in [0.15, 0.2) is 73.2 Å². The van der Waals surface area contributed by atoms with E-state index < -0.39 is 6.10 Å². The Hall–Kier alpha value is -3.61. The molecular weight excluding hydrogens is 448 g/mol. The summed E-state index contributed by atoms with van der Waals surface area (Å²) in [5.74, 6) is 1.34. The first-order valence-electron chi connectivity index (χ1n) is 11.0. The molecule has 5 aromatic rings. The number of hydrogen-bond acceptors (Lipinski definition) is 4. The molecule has 5 rings (SSSR count). The van der Waals surface area contributed by atoms with Crippen LogP contribution in [0.3, 0.4) is 0 Å². The molecule has 3 aromatic heterocycles. The number of methoxy groups -OCH3 is 1. The Morgan fingerprint density at radius 1 is 1.09 bits per heavy atom. The first-order chi connectivity index (χ1) is 16.5. The minimum atomic E-state index is -0.821. The molecule has 3 heterocycles. The highest BCUT2D eigenvalue weighted by atomic mass is 35.5. The third-order valence-electron chi connectivity index (χ3n) is 6.27. The molecule has 0 aliphatic rings. The number of aromatic nitrogens is 4. The van der Waals surface area contributed by atoms with Crippen molar-refractivity contribution in [3.8, 4) is 11.6 Å². The van der Waals surface area contributed by atoms with Crippen molar-refractivity contribution in [2.45, 2.75) is 19.4 Å². The van der Waals surface area contributed by atoms with E-state index in [2.05, 4.69) is 33.8 Å². The molecule has 0 aliphatic heterocycles. The van der Waals surface area contributed by atoms with E-state index in [1.54, 1.807) is 13.3 Å². The van der Waals surface area contributed by atoms with Crippen LogP contribution in [0.5, 0.6) is 5.88 Å². The molecule has 0 radical (unpaired) electrons.